The predicted octanol–water partition coefficient (Wildman–Crippen LogP) is 2.89. The van der Waals surface area contributed by atoms with Gasteiger partial charge in [0.2, 0.25) is 5.88 Å². The van der Waals surface area contributed by atoms with E-state index in [0.717, 1.165) is 12.8 Å². The number of carbonyl (C=O) groups is 2. The van der Waals surface area contributed by atoms with E-state index in [0.29, 0.717) is 30.1 Å². The third-order valence-electron chi connectivity index (χ3n) is 6.51. The molecule has 34 heavy (non-hydrogen) atoms. The number of likely N-dealkylation sites (N-methyl/N-ethyl adjacent to an activating group) is 1. The highest BCUT2D eigenvalue weighted by atomic mass is 16.5. The van der Waals surface area contributed by atoms with Crippen LogP contribution in [0.15, 0.2) is 12.3 Å². The van der Waals surface area contributed by atoms with E-state index in [1.807, 2.05) is 27.7 Å². The van der Waals surface area contributed by atoms with Crippen molar-refractivity contribution >= 4 is 11.9 Å². The van der Waals surface area contributed by atoms with E-state index in [9.17, 15) is 14.7 Å². The fourth-order valence-corrected chi connectivity index (χ4v) is 4.35. The average Bonchev–Trinajstić information content (AvgIpc) is 3.32. The molecule has 0 bridgehead atoms. The maximum Gasteiger partial charge on any atom is 0.317 e. The highest BCUT2D eigenvalue weighted by Gasteiger charge is 2.34. The molecule has 2 N–H and O–H groups in total. The first kappa shape index (κ1) is 25.8. The van der Waals surface area contributed by atoms with Gasteiger partial charge in [0.05, 0.1) is 19.2 Å². The van der Waals surface area contributed by atoms with Crippen molar-refractivity contribution in [3.8, 4) is 17.7 Å². The number of urea groups is 1. The first-order valence-corrected chi connectivity index (χ1v) is 12.3. The number of fused-ring (bicyclic) bond motifs is 1. The molecule has 8 nitrogen and oxygen atoms in total. The number of hydrogen-bond donors (Lipinski definition) is 2. The first-order chi connectivity index (χ1) is 16.2. The molecule has 3 atom stereocenters. The molecule has 0 aromatic carbocycles. The van der Waals surface area contributed by atoms with Crippen LogP contribution in [0.5, 0.6) is 5.88 Å². The van der Waals surface area contributed by atoms with E-state index in [4.69, 9.17) is 4.74 Å². The van der Waals surface area contributed by atoms with Crippen molar-refractivity contribution in [1.29, 1.82) is 0 Å². The van der Waals surface area contributed by atoms with Gasteiger partial charge in [0.1, 0.15) is 11.7 Å². The quantitative estimate of drug-likeness (QED) is 0.646. The average molecular weight is 471 g/mol. The molecule has 1 saturated carbocycles. The number of aromatic nitrogens is 1. The van der Waals surface area contributed by atoms with Crippen LogP contribution in [0.1, 0.15) is 69.3 Å². The summed E-state index contributed by atoms with van der Waals surface area (Å²) < 4.78 is 6.25. The second kappa shape index (κ2) is 11.6. The van der Waals surface area contributed by atoms with Gasteiger partial charge < -0.3 is 25.0 Å². The first-order valence-electron chi connectivity index (χ1n) is 12.3. The Morgan fingerprint density at radius 2 is 2.06 bits per heavy atom. The SMILES string of the molecule is CC(C)NC(=O)N(C)C[C@H]1Oc2ncc(C#CC3CCCC3)cc2C(=O)N([C@@H](C)CO)C[C@H]1C. The number of amides is 3. The number of pyridine rings is 1. The van der Waals surface area contributed by atoms with Gasteiger partial charge in [-0.05, 0) is 39.7 Å². The summed E-state index contributed by atoms with van der Waals surface area (Å²) in [5, 5.41) is 12.7. The van der Waals surface area contributed by atoms with Crippen molar-refractivity contribution in [1.82, 2.24) is 20.1 Å². The van der Waals surface area contributed by atoms with E-state index in [-0.39, 0.29) is 48.5 Å². The molecule has 0 saturated heterocycles. The fraction of sp³-hybridized carbons (Fsp3) is 0.654. The summed E-state index contributed by atoms with van der Waals surface area (Å²) in [5.41, 5.74) is 1.02. The number of hydrogen-bond acceptors (Lipinski definition) is 5. The molecule has 3 rings (SSSR count). The largest absolute Gasteiger partial charge is 0.472 e. The summed E-state index contributed by atoms with van der Waals surface area (Å²) in [7, 11) is 1.72. The Bertz CT molecular complexity index is 932. The lowest BCUT2D eigenvalue weighted by Crippen LogP contribution is -2.51. The van der Waals surface area contributed by atoms with E-state index in [1.165, 1.54) is 12.8 Å². The van der Waals surface area contributed by atoms with Gasteiger partial charge in [-0.1, -0.05) is 31.6 Å². The maximum absolute atomic E-state index is 13.5. The van der Waals surface area contributed by atoms with Gasteiger partial charge in [0, 0.05) is 43.2 Å². The fourth-order valence-electron chi connectivity index (χ4n) is 4.35. The Labute approximate surface area is 203 Å². The molecule has 1 aromatic heterocycles. The zero-order valence-corrected chi connectivity index (χ0v) is 21.0. The summed E-state index contributed by atoms with van der Waals surface area (Å²) in [6.45, 7) is 8.20. The third-order valence-corrected chi connectivity index (χ3v) is 6.51. The smallest absolute Gasteiger partial charge is 0.317 e. The minimum atomic E-state index is -0.383. The van der Waals surface area contributed by atoms with Gasteiger partial charge in [-0.2, -0.15) is 0 Å². The van der Waals surface area contributed by atoms with Crippen molar-refractivity contribution < 1.29 is 19.4 Å². The van der Waals surface area contributed by atoms with Crippen molar-refractivity contribution in [3.63, 3.8) is 0 Å². The Hall–Kier alpha value is -2.79. The summed E-state index contributed by atoms with van der Waals surface area (Å²) in [5.74, 6) is 6.82. The second-order valence-electron chi connectivity index (χ2n) is 9.93. The number of nitrogens with one attached hydrogen (secondary N) is 1. The molecule has 0 radical (unpaired) electrons. The Kier molecular flexibility index (Phi) is 8.78. The number of carbonyl (C=O) groups excluding carboxylic acids is 2. The highest BCUT2D eigenvalue weighted by Crippen LogP contribution is 2.28. The highest BCUT2D eigenvalue weighted by molar-refractivity contribution is 5.97. The summed E-state index contributed by atoms with van der Waals surface area (Å²) >= 11 is 0. The van der Waals surface area contributed by atoms with Crippen molar-refractivity contribution in [3.05, 3.63) is 23.4 Å². The number of ether oxygens (including phenoxy) is 1. The summed E-state index contributed by atoms with van der Waals surface area (Å²) in [4.78, 5) is 33.7. The normalized spacial score (nSPS) is 21.6. The van der Waals surface area contributed by atoms with Crippen LogP contribution in [0.2, 0.25) is 0 Å². The molecule has 186 valence electrons. The molecule has 1 fully saturated rings. The molecule has 2 heterocycles. The summed E-state index contributed by atoms with van der Waals surface area (Å²) in [6, 6.07) is 1.22. The second-order valence-corrected chi connectivity index (χ2v) is 9.93. The maximum atomic E-state index is 13.5. The van der Waals surface area contributed by atoms with Crippen molar-refractivity contribution in [2.24, 2.45) is 11.8 Å². The molecule has 1 aliphatic heterocycles. The van der Waals surface area contributed by atoms with Crippen LogP contribution in [0.3, 0.4) is 0 Å². The Morgan fingerprint density at radius 1 is 1.35 bits per heavy atom. The molecular formula is C26H38N4O4. The molecule has 0 spiro atoms. The van der Waals surface area contributed by atoms with Crippen molar-refractivity contribution in [2.75, 3.05) is 26.7 Å². The van der Waals surface area contributed by atoms with Crippen LogP contribution in [-0.4, -0.2) is 76.8 Å². The minimum Gasteiger partial charge on any atom is -0.472 e. The molecule has 1 aromatic rings. The number of nitrogens with zero attached hydrogens (tertiary/aromatic N) is 3. The van der Waals surface area contributed by atoms with E-state index in [2.05, 4.69) is 22.1 Å². The van der Waals surface area contributed by atoms with Gasteiger partial charge >= 0.3 is 6.03 Å². The molecule has 3 amide bonds. The van der Waals surface area contributed by atoms with E-state index >= 15 is 0 Å². The van der Waals surface area contributed by atoms with E-state index < -0.39 is 0 Å². The van der Waals surface area contributed by atoms with Crippen LogP contribution < -0.4 is 10.1 Å². The predicted molar refractivity (Wildman–Crippen MR) is 131 cm³/mol. The Balaban J connectivity index is 1.91. The molecule has 8 heteroatoms. The van der Waals surface area contributed by atoms with Gasteiger partial charge in [-0.25, -0.2) is 9.78 Å². The van der Waals surface area contributed by atoms with Crippen LogP contribution in [0.4, 0.5) is 4.79 Å². The van der Waals surface area contributed by atoms with Crippen molar-refractivity contribution in [2.45, 2.75) is 71.6 Å². The third kappa shape index (κ3) is 6.41. The monoisotopic (exact) mass is 470 g/mol. The minimum absolute atomic E-state index is 0.0234. The lowest BCUT2D eigenvalue weighted by atomic mass is 10.00. The van der Waals surface area contributed by atoms with Crippen LogP contribution in [-0.2, 0) is 0 Å². The Morgan fingerprint density at radius 3 is 2.71 bits per heavy atom. The van der Waals surface area contributed by atoms with Gasteiger partial charge in [-0.15, -0.1) is 0 Å². The molecular weight excluding hydrogens is 432 g/mol. The standard InChI is InChI=1S/C26H38N4O4/c1-17(2)28-26(33)29(5)15-23-18(3)14-30(19(4)16-31)25(32)22-12-21(13-27-24(22)34-23)11-10-20-8-6-7-9-20/h12-13,17-20,23,31H,6-9,14-16H2,1-5H3,(H,28,33)/t18-,19+,23-/m1/s1. The summed E-state index contributed by atoms with van der Waals surface area (Å²) in [6.07, 6.45) is 5.92. The zero-order chi connectivity index (χ0) is 24.8. The number of aliphatic hydroxyl groups is 1. The van der Waals surface area contributed by atoms with Gasteiger partial charge in [0.15, 0.2) is 0 Å². The number of aliphatic hydroxyl groups excluding tert-OH is 1. The van der Waals surface area contributed by atoms with Crippen LogP contribution >= 0.6 is 0 Å². The topological polar surface area (TPSA) is 95.0 Å². The molecule has 0 unspecified atom stereocenters. The lowest BCUT2D eigenvalue weighted by molar-refractivity contribution is 0.0351. The van der Waals surface area contributed by atoms with E-state index in [1.54, 1.807) is 29.1 Å². The van der Waals surface area contributed by atoms with Gasteiger partial charge in [0.25, 0.3) is 5.91 Å². The molecule has 1 aliphatic carbocycles. The lowest BCUT2D eigenvalue weighted by Gasteiger charge is -2.37. The van der Waals surface area contributed by atoms with Crippen LogP contribution in [0, 0.1) is 23.7 Å². The van der Waals surface area contributed by atoms with Crippen LogP contribution in [0.25, 0.3) is 0 Å². The number of rotatable bonds is 5. The zero-order valence-electron chi connectivity index (χ0n) is 21.0. The molecule has 2 aliphatic rings. The van der Waals surface area contributed by atoms with Gasteiger partial charge in [-0.3, -0.25) is 4.79 Å².